The third kappa shape index (κ3) is 8.79. The molecule has 0 aromatic heterocycles. The Morgan fingerprint density at radius 2 is 1.87 bits per heavy atom. The van der Waals surface area contributed by atoms with E-state index >= 15 is 0 Å². The molecule has 0 aliphatic rings. The zero-order valence-electron chi connectivity index (χ0n) is 17.8. The van der Waals surface area contributed by atoms with Crippen LogP contribution < -0.4 is 15.4 Å². The van der Waals surface area contributed by atoms with Crippen molar-refractivity contribution in [2.24, 2.45) is 4.99 Å². The van der Waals surface area contributed by atoms with E-state index in [1.165, 1.54) is 0 Å². The van der Waals surface area contributed by atoms with E-state index in [1.807, 2.05) is 56.3 Å². The van der Waals surface area contributed by atoms with Crippen LogP contribution >= 0.6 is 35.6 Å². The zero-order valence-corrected chi connectivity index (χ0v) is 20.9. The second kappa shape index (κ2) is 13.3. The van der Waals surface area contributed by atoms with Gasteiger partial charge in [-0.25, -0.2) is 4.99 Å². The van der Waals surface area contributed by atoms with Crippen LogP contribution in [0.15, 0.2) is 53.5 Å². The molecule has 0 radical (unpaired) electrons. The highest BCUT2D eigenvalue weighted by atomic mass is 127. The number of rotatable bonds is 8. The second-order valence-corrected chi connectivity index (χ2v) is 7.29. The summed E-state index contributed by atoms with van der Waals surface area (Å²) < 4.78 is 5.88. The number of hydrogen-bond acceptors (Lipinski definition) is 3. The predicted molar refractivity (Wildman–Crippen MR) is 134 cm³/mol. The number of nitrogens with one attached hydrogen (secondary N) is 2. The normalized spacial score (nSPS) is 11.8. The average molecular weight is 545 g/mol. The molecule has 1 unspecified atom stereocenters. The highest BCUT2D eigenvalue weighted by Crippen LogP contribution is 2.18. The third-order valence-corrected chi connectivity index (χ3v) is 4.30. The van der Waals surface area contributed by atoms with Gasteiger partial charge in [0, 0.05) is 31.2 Å². The van der Waals surface area contributed by atoms with Gasteiger partial charge in [0.05, 0.1) is 13.1 Å². The number of amides is 1. The highest BCUT2D eigenvalue weighted by molar-refractivity contribution is 14.0. The smallest absolute Gasteiger partial charge is 0.253 e. The zero-order chi connectivity index (χ0) is 21.2. The van der Waals surface area contributed by atoms with Crippen LogP contribution in [0.4, 0.5) is 0 Å². The van der Waals surface area contributed by atoms with E-state index in [-0.39, 0.29) is 36.0 Å². The van der Waals surface area contributed by atoms with Crippen LogP contribution in [0, 0.1) is 0 Å². The van der Waals surface area contributed by atoms with Crippen molar-refractivity contribution in [2.75, 3.05) is 27.2 Å². The Labute approximate surface area is 201 Å². The quantitative estimate of drug-likeness (QED) is 0.297. The van der Waals surface area contributed by atoms with Gasteiger partial charge in [0.25, 0.3) is 5.91 Å². The summed E-state index contributed by atoms with van der Waals surface area (Å²) in [4.78, 5) is 18.1. The molecule has 30 heavy (non-hydrogen) atoms. The van der Waals surface area contributed by atoms with Crippen LogP contribution in [0.3, 0.4) is 0 Å². The SMILES string of the molecule is CCNC(=NCc1ccc(C(=O)N(C)C)cc1)NCC(C)Oc1cccc(Cl)c1.I. The molecule has 0 spiro atoms. The first-order valence-corrected chi connectivity index (χ1v) is 10.0. The van der Waals surface area contributed by atoms with Crippen molar-refractivity contribution in [3.05, 3.63) is 64.7 Å². The monoisotopic (exact) mass is 544 g/mol. The molecule has 1 atom stereocenters. The molecule has 2 rings (SSSR count). The largest absolute Gasteiger partial charge is 0.489 e. The van der Waals surface area contributed by atoms with E-state index in [2.05, 4.69) is 15.6 Å². The topological polar surface area (TPSA) is 66.0 Å². The van der Waals surface area contributed by atoms with Crippen molar-refractivity contribution in [3.63, 3.8) is 0 Å². The first-order valence-electron chi connectivity index (χ1n) is 9.64. The molecule has 0 saturated carbocycles. The first kappa shape index (κ1) is 26.0. The molecule has 2 N–H and O–H groups in total. The molecule has 2 aromatic rings. The lowest BCUT2D eigenvalue weighted by Gasteiger charge is -2.18. The van der Waals surface area contributed by atoms with Gasteiger partial charge in [0.2, 0.25) is 0 Å². The number of benzene rings is 2. The molecule has 0 aliphatic carbocycles. The van der Waals surface area contributed by atoms with Crippen molar-refractivity contribution < 1.29 is 9.53 Å². The van der Waals surface area contributed by atoms with Crippen molar-refractivity contribution in [2.45, 2.75) is 26.5 Å². The molecule has 2 aromatic carbocycles. The molecule has 0 aliphatic heterocycles. The average Bonchev–Trinajstić information content (AvgIpc) is 2.70. The maximum Gasteiger partial charge on any atom is 0.253 e. The van der Waals surface area contributed by atoms with Crippen molar-refractivity contribution in [3.8, 4) is 5.75 Å². The maximum absolute atomic E-state index is 12.0. The molecular formula is C22H30ClIN4O2. The Morgan fingerprint density at radius 1 is 1.17 bits per heavy atom. The van der Waals surface area contributed by atoms with E-state index in [0.717, 1.165) is 17.9 Å². The van der Waals surface area contributed by atoms with E-state index in [0.29, 0.717) is 29.6 Å². The molecule has 6 nitrogen and oxygen atoms in total. The molecule has 0 heterocycles. The maximum atomic E-state index is 12.0. The first-order chi connectivity index (χ1) is 13.9. The van der Waals surface area contributed by atoms with Crippen LogP contribution in [0.25, 0.3) is 0 Å². The lowest BCUT2D eigenvalue weighted by molar-refractivity contribution is 0.0827. The summed E-state index contributed by atoms with van der Waals surface area (Å²) in [5.74, 6) is 1.44. The summed E-state index contributed by atoms with van der Waals surface area (Å²) in [7, 11) is 3.48. The number of halogens is 2. The van der Waals surface area contributed by atoms with E-state index in [1.54, 1.807) is 25.1 Å². The minimum Gasteiger partial charge on any atom is -0.489 e. The molecule has 164 valence electrons. The molecule has 0 fully saturated rings. The van der Waals surface area contributed by atoms with Crippen molar-refractivity contribution in [1.82, 2.24) is 15.5 Å². The van der Waals surface area contributed by atoms with Gasteiger partial charge in [-0.3, -0.25) is 4.79 Å². The summed E-state index contributed by atoms with van der Waals surface area (Å²) in [6.07, 6.45) is -0.0614. The summed E-state index contributed by atoms with van der Waals surface area (Å²) in [5.41, 5.74) is 1.69. The van der Waals surface area contributed by atoms with Crippen LogP contribution in [-0.2, 0) is 6.54 Å². The Hall–Kier alpha value is -2.00. The van der Waals surface area contributed by atoms with Gasteiger partial charge in [-0.1, -0.05) is 29.8 Å². The third-order valence-electron chi connectivity index (χ3n) is 4.06. The van der Waals surface area contributed by atoms with Crippen LogP contribution in [0.1, 0.15) is 29.8 Å². The minimum absolute atomic E-state index is 0. The molecule has 8 heteroatoms. The van der Waals surface area contributed by atoms with E-state index < -0.39 is 0 Å². The van der Waals surface area contributed by atoms with Gasteiger partial charge < -0.3 is 20.3 Å². The fraction of sp³-hybridized carbons (Fsp3) is 0.364. The molecule has 0 saturated heterocycles. The summed E-state index contributed by atoms with van der Waals surface area (Å²) >= 11 is 5.99. The summed E-state index contributed by atoms with van der Waals surface area (Å²) in [6, 6.07) is 14.9. The number of carbonyl (C=O) groups excluding carboxylic acids is 1. The number of carbonyl (C=O) groups is 1. The van der Waals surface area contributed by atoms with E-state index in [4.69, 9.17) is 16.3 Å². The standard InChI is InChI=1S/C22H29ClN4O2.HI/c1-5-24-22(25-14-16(2)29-20-8-6-7-19(23)13-20)26-15-17-9-11-18(12-10-17)21(28)27(3)4;/h6-13,16H,5,14-15H2,1-4H3,(H2,24,25,26);1H. The van der Waals surface area contributed by atoms with Crippen molar-refractivity contribution >= 4 is 47.4 Å². The summed E-state index contributed by atoms with van der Waals surface area (Å²) in [5, 5.41) is 7.17. The van der Waals surface area contributed by atoms with Gasteiger partial charge in [0.1, 0.15) is 11.9 Å². The molecular weight excluding hydrogens is 515 g/mol. The second-order valence-electron chi connectivity index (χ2n) is 6.86. The molecule has 1 amide bonds. The Balaban J connectivity index is 0.00000450. The highest BCUT2D eigenvalue weighted by Gasteiger charge is 2.08. The lowest BCUT2D eigenvalue weighted by atomic mass is 10.1. The fourth-order valence-electron chi connectivity index (χ4n) is 2.58. The number of nitrogens with zero attached hydrogens (tertiary/aromatic N) is 2. The number of aliphatic imine (C=N–C) groups is 1. The lowest BCUT2D eigenvalue weighted by Crippen LogP contribution is -2.41. The van der Waals surface area contributed by atoms with Gasteiger partial charge in [-0.05, 0) is 49.7 Å². The Kier molecular flexibility index (Phi) is 11.6. The Bertz CT molecular complexity index is 828. The minimum atomic E-state index is -0.0614. The van der Waals surface area contributed by atoms with Crippen LogP contribution in [-0.4, -0.2) is 50.1 Å². The van der Waals surface area contributed by atoms with Crippen molar-refractivity contribution in [1.29, 1.82) is 0 Å². The Morgan fingerprint density at radius 3 is 2.47 bits per heavy atom. The summed E-state index contributed by atoms with van der Waals surface area (Å²) in [6.45, 7) is 5.86. The number of ether oxygens (including phenoxy) is 1. The number of guanidine groups is 1. The predicted octanol–water partition coefficient (Wildman–Crippen LogP) is 4.18. The molecule has 0 bridgehead atoms. The van der Waals surface area contributed by atoms with Crippen LogP contribution in [0.5, 0.6) is 5.75 Å². The van der Waals surface area contributed by atoms with E-state index in [9.17, 15) is 4.79 Å². The number of hydrogen-bond donors (Lipinski definition) is 2. The fourth-order valence-corrected chi connectivity index (χ4v) is 2.76. The van der Waals surface area contributed by atoms with Gasteiger partial charge in [-0.15, -0.1) is 24.0 Å². The van der Waals surface area contributed by atoms with Gasteiger partial charge >= 0.3 is 0 Å². The van der Waals surface area contributed by atoms with Gasteiger partial charge in [0.15, 0.2) is 5.96 Å². The van der Waals surface area contributed by atoms with Crippen LogP contribution in [0.2, 0.25) is 5.02 Å². The van der Waals surface area contributed by atoms with Gasteiger partial charge in [-0.2, -0.15) is 0 Å².